The molecular weight excluding hydrogens is 399 g/mol. The predicted molar refractivity (Wildman–Crippen MR) is 110 cm³/mol. The largest absolute Gasteiger partial charge is 0.491 e. The highest BCUT2D eigenvalue weighted by Gasteiger charge is 2.25. The molecule has 0 unspecified atom stereocenters. The van der Waals surface area contributed by atoms with Crippen molar-refractivity contribution >= 4 is 21.4 Å². The smallest absolute Gasteiger partial charge is 0.240 e. The van der Waals surface area contributed by atoms with Crippen molar-refractivity contribution in [2.45, 2.75) is 43.5 Å². The second-order valence-electron chi connectivity index (χ2n) is 6.90. The Balaban J connectivity index is 1.75. The van der Waals surface area contributed by atoms with Crippen molar-refractivity contribution < 1.29 is 17.5 Å². The van der Waals surface area contributed by atoms with Crippen LogP contribution in [0, 0.1) is 5.82 Å². The van der Waals surface area contributed by atoms with Crippen molar-refractivity contribution in [1.82, 2.24) is 9.62 Å². The van der Waals surface area contributed by atoms with E-state index in [1.165, 1.54) is 25.0 Å². The topological polar surface area (TPSA) is 58.6 Å². The van der Waals surface area contributed by atoms with Gasteiger partial charge in [-0.2, -0.15) is 11.3 Å². The Bertz CT molecular complexity index is 848. The molecule has 8 heteroatoms. The molecule has 1 aliphatic heterocycles. The van der Waals surface area contributed by atoms with E-state index in [-0.39, 0.29) is 23.2 Å². The molecule has 2 heterocycles. The first-order chi connectivity index (χ1) is 13.5. The van der Waals surface area contributed by atoms with E-state index < -0.39 is 15.8 Å². The number of likely N-dealkylation sites (tertiary alicyclic amines) is 1. The number of halogens is 1. The van der Waals surface area contributed by atoms with Crippen LogP contribution in [-0.4, -0.2) is 39.6 Å². The average Bonchev–Trinajstić information content (AvgIpc) is 3.06. The van der Waals surface area contributed by atoms with Gasteiger partial charge in [-0.3, -0.25) is 4.90 Å². The number of ether oxygens (including phenoxy) is 1. The van der Waals surface area contributed by atoms with Gasteiger partial charge in [0.2, 0.25) is 10.0 Å². The minimum absolute atomic E-state index is 0.0216. The summed E-state index contributed by atoms with van der Waals surface area (Å²) in [5.74, 6) is -0.617. The van der Waals surface area contributed by atoms with Crippen molar-refractivity contribution in [3.8, 4) is 5.75 Å². The van der Waals surface area contributed by atoms with Gasteiger partial charge in [-0.05, 0) is 73.4 Å². The Morgan fingerprint density at radius 1 is 1.21 bits per heavy atom. The summed E-state index contributed by atoms with van der Waals surface area (Å²) in [5.41, 5.74) is 1.12. The van der Waals surface area contributed by atoms with Crippen molar-refractivity contribution in [3.63, 3.8) is 0 Å². The van der Waals surface area contributed by atoms with Crippen LogP contribution in [-0.2, 0) is 10.0 Å². The second kappa shape index (κ2) is 9.82. The predicted octanol–water partition coefficient (Wildman–Crippen LogP) is 4.18. The molecule has 1 aromatic heterocycles. The molecule has 0 radical (unpaired) electrons. The minimum Gasteiger partial charge on any atom is -0.491 e. The standard InChI is InChI=1S/C20H27FN2O3S2/c1-2-26-20-8-7-17(13-18(20)21)28(24,25)22-14-19(16-9-12-27-15-16)23-10-5-3-4-6-11-23/h7-9,12-13,15,19,22H,2-6,10-11,14H2,1H3/t19-/m0/s1. The molecule has 1 N–H and O–H groups in total. The number of rotatable bonds is 8. The molecule has 0 amide bonds. The number of benzene rings is 1. The zero-order valence-electron chi connectivity index (χ0n) is 16.1. The van der Waals surface area contributed by atoms with Crippen LogP contribution in [0.15, 0.2) is 39.9 Å². The van der Waals surface area contributed by atoms with Gasteiger partial charge in [0, 0.05) is 12.6 Å². The van der Waals surface area contributed by atoms with Crippen LogP contribution in [0.3, 0.4) is 0 Å². The number of hydrogen-bond donors (Lipinski definition) is 1. The molecule has 0 spiro atoms. The number of nitrogens with zero attached hydrogens (tertiary/aromatic N) is 1. The molecular formula is C20H27FN2O3S2. The van der Waals surface area contributed by atoms with Crippen molar-refractivity contribution in [2.75, 3.05) is 26.2 Å². The lowest BCUT2D eigenvalue weighted by molar-refractivity contribution is 0.206. The summed E-state index contributed by atoms with van der Waals surface area (Å²) in [6, 6.07) is 5.77. The van der Waals surface area contributed by atoms with Crippen molar-refractivity contribution in [2.24, 2.45) is 0 Å². The lowest BCUT2D eigenvalue weighted by atomic mass is 10.1. The zero-order chi connectivity index (χ0) is 20.0. The van der Waals surface area contributed by atoms with Crippen LogP contribution in [0.2, 0.25) is 0 Å². The molecule has 3 rings (SSSR count). The van der Waals surface area contributed by atoms with E-state index in [0.717, 1.165) is 37.6 Å². The van der Waals surface area contributed by atoms with Gasteiger partial charge in [-0.15, -0.1) is 0 Å². The Morgan fingerprint density at radius 3 is 2.57 bits per heavy atom. The zero-order valence-corrected chi connectivity index (χ0v) is 17.7. The fourth-order valence-electron chi connectivity index (χ4n) is 3.52. The van der Waals surface area contributed by atoms with Crippen molar-refractivity contribution in [3.05, 3.63) is 46.4 Å². The Hall–Kier alpha value is -1.48. The summed E-state index contributed by atoms with van der Waals surface area (Å²) in [6.45, 7) is 4.24. The van der Waals surface area contributed by atoms with E-state index in [4.69, 9.17) is 4.74 Å². The average molecular weight is 427 g/mol. The molecule has 2 aromatic rings. The van der Waals surface area contributed by atoms with Crippen molar-refractivity contribution in [1.29, 1.82) is 0 Å². The first-order valence-electron chi connectivity index (χ1n) is 9.69. The van der Waals surface area contributed by atoms with E-state index in [1.807, 2.05) is 11.4 Å². The molecule has 154 valence electrons. The van der Waals surface area contributed by atoms with Gasteiger partial charge < -0.3 is 4.74 Å². The number of hydrogen-bond acceptors (Lipinski definition) is 5. The fraction of sp³-hybridized carbons (Fsp3) is 0.500. The lowest BCUT2D eigenvalue weighted by Gasteiger charge is -2.30. The normalized spacial score (nSPS) is 17.2. The van der Waals surface area contributed by atoms with E-state index in [0.29, 0.717) is 6.61 Å². The van der Waals surface area contributed by atoms with Crippen LogP contribution >= 0.6 is 11.3 Å². The SMILES string of the molecule is CCOc1ccc(S(=O)(=O)NC[C@@H](c2ccsc2)N2CCCCCC2)cc1F. The highest BCUT2D eigenvalue weighted by molar-refractivity contribution is 7.89. The maximum atomic E-state index is 14.1. The van der Waals surface area contributed by atoms with Gasteiger partial charge in [-0.1, -0.05) is 12.8 Å². The first-order valence-corrected chi connectivity index (χ1v) is 12.1. The maximum absolute atomic E-state index is 14.1. The molecule has 1 saturated heterocycles. The molecule has 1 fully saturated rings. The van der Waals surface area contributed by atoms with Crippen LogP contribution in [0.4, 0.5) is 4.39 Å². The fourth-order valence-corrected chi connectivity index (χ4v) is 5.28. The van der Waals surface area contributed by atoms with E-state index in [1.54, 1.807) is 18.3 Å². The first kappa shape index (κ1) is 21.2. The van der Waals surface area contributed by atoms with Gasteiger partial charge in [-0.25, -0.2) is 17.5 Å². The third-order valence-corrected chi connectivity index (χ3v) is 7.11. The number of thiophene rings is 1. The van der Waals surface area contributed by atoms with E-state index >= 15 is 0 Å². The van der Waals surface area contributed by atoms with Crippen LogP contribution in [0.1, 0.15) is 44.2 Å². The summed E-state index contributed by atoms with van der Waals surface area (Å²) < 4.78 is 47.4. The van der Waals surface area contributed by atoms with E-state index in [9.17, 15) is 12.8 Å². The molecule has 28 heavy (non-hydrogen) atoms. The highest BCUT2D eigenvalue weighted by Crippen LogP contribution is 2.27. The number of nitrogens with one attached hydrogen (secondary N) is 1. The van der Waals surface area contributed by atoms with Gasteiger partial charge in [0.05, 0.1) is 11.5 Å². The van der Waals surface area contributed by atoms with E-state index in [2.05, 4.69) is 15.0 Å². The molecule has 0 aliphatic carbocycles. The lowest BCUT2D eigenvalue weighted by Crippen LogP contribution is -2.38. The number of sulfonamides is 1. The summed E-state index contributed by atoms with van der Waals surface area (Å²) in [6.07, 6.45) is 4.67. The van der Waals surface area contributed by atoms with Gasteiger partial charge in [0.1, 0.15) is 0 Å². The molecule has 1 atom stereocenters. The minimum atomic E-state index is -3.82. The van der Waals surface area contributed by atoms with Crippen LogP contribution in [0.5, 0.6) is 5.75 Å². The van der Waals surface area contributed by atoms with Gasteiger partial charge >= 0.3 is 0 Å². The summed E-state index contributed by atoms with van der Waals surface area (Å²) in [5, 5.41) is 4.08. The molecule has 1 aliphatic rings. The Labute approximate surface area is 170 Å². The molecule has 0 saturated carbocycles. The highest BCUT2D eigenvalue weighted by atomic mass is 32.2. The Morgan fingerprint density at radius 2 is 1.96 bits per heavy atom. The third-order valence-electron chi connectivity index (χ3n) is 4.99. The molecule has 1 aromatic carbocycles. The second-order valence-corrected chi connectivity index (χ2v) is 9.45. The van der Waals surface area contributed by atoms with Crippen LogP contribution in [0.25, 0.3) is 0 Å². The summed E-state index contributed by atoms with van der Waals surface area (Å²) in [4.78, 5) is 2.27. The van der Waals surface area contributed by atoms with Gasteiger partial charge in [0.15, 0.2) is 11.6 Å². The summed E-state index contributed by atoms with van der Waals surface area (Å²) in [7, 11) is -3.82. The third kappa shape index (κ3) is 5.31. The Kier molecular flexibility index (Phi) is 7.45. The quantitative estimate of drug-likeness (QED) is 0.688. The van der Waals surface area contributed by atoms with Crippen LogP contribution < -0.4 is 9.46 Å². The monoisotopic (exact) mass is 426 g/mol. The molecule has 0 bridgehead atoms. The molecule has 5 nitrogen and oxygen atoms in total. The summed E-state index contributed by atoms with van der Waals surface area (Å²) >= 11 is 1.61. The maximum Gasteiger partial charge on any atom is 0.240 e. The van der Waals surface area contributed by atoms with Gasteiger partial charge in [0.25, 0.3) is 0 Å².